The Morgan fingerprint density at radius 2 is 1.05 bits per heavy atom. The first-order chi connectivity index (χ1) is 9.16. The first-order valence-electron chi connectivity index (χ1n) is 7.23. The highest BCUT2D eigenvalue weighted by Gasteiger charge is 2.00. The van der Waals surface area contributed by atoms with Gasteiger partial charge in [-0.2, -0.15) is 5.26 Å². The quantitative estimate of drug-likeness (QED) is 0.303. The van der Waals surface area contributed by atoms with E-state index in [0.717, 1.165) is 38.5 Å². The highest BCUT2D eigenvalue weighted by molar-refractivity contribution is 5.68. The minimum Gasteiger partial charge on any atom is -0.481 e. The van der Waals surface area contributed by atoms with Crippen molar-refractivity contribution in [2.45, 2.75) is 77.0 Å². The van der Waals surface area contributed by atoms with Crippen molar-refractivity contribution in [2.75, 3.05) is 0 Å². The monoisotopic (exact) mass is 274 g/mol. The molecule has 0 heterocycles. The van der Waals surface area contributed by atoms with Gasteiger partial charge in [-0.3, -0.25) is 4.79 Å². The van der Waals surface area contributed by atoms with E-state index < -0.39 is 11.9 Å². The SMILES string of the molecule is O=C(O)CCCCCCCCCCCCC(=O)OO. The fraction of sp³-hybridized carbons (Fsp3) is 0.857. The lowest BCUT2D eigenvalue weighted by molar-refractivity contribution is -0.234. The Morgan fingerprint density at radius 3 is 1.42 bits per heavy atom. The Hall–Kier alpha value is -1.10. The number of hydrogen-bond acceptors (Lipinski definition) is 4. The molecule has 0 aromatic carbocycles. The van der Waals surface area contributed by atoms with Gasteiger partial charge in [0.25, 0.3) is 0 Å². The molecule has 0 aliphatic carbocycles. The summed E-state index contributed by atoms with van der Waals surface area (Å²) in [7, 11) is 0. The van der Waals surface area contributed by atoms with E-state index in [4.69, 9.17) is 10.4 Å². The van der Waals surface area contributed by atoms with Crippen molar-refractivity contribution in [3.05, 3.63) is 0 Å². The van der Waals surface area contributed by atoms with E-state index in [0.29, 0.717) is 6.42 Å². The molecule has 0 rings (SSSR count). The zero-order valence-corrected chi connectivity index (χ0v) is 11.6. The Balaban J connectivity index is 3.03. The van der Waals surface area contributed by atoms with Gasteiger partial charge in [-0.15, -0.1) is 0 Å². The van der Waals surface area contributed by atoms with Gasteiger partial charge in [-0.1, -0.05) is 51.4 Å². The smallest absolute Gasteiger partial charge is 0.342 e. The number of carbonyl (C=O) groups excluding carboxylic acids is 1. The molecular weight excluding hydrogens is 248 g/mol. The molecule has 2 N–H and O–H groups in total. The van der Waals surface area contributed by atoms with Gasteiger partial charge >= 0.3 is 11.9 Å². The molecule has 19 heavy (non-hydrogen) atoms. The number of hydrogen-bond donors (Lipinski definition) is 2. The zero-order chi connectivity index (χ0) is 14.3. The van der Waals surface area contributed by atoms with Crippen LogP contribution in [0.1, 0.15) is 77.0 Å². The molecule has 0 spiro atoms. The second kappa shape index (κ2) is 13.3. The van der Waals surface area contributed by atoms with Crippen LogP contribution in [0, 0.1) is 0 Å². The van der Waals surface area contributed by atoms with Gasteiger partial charge in [0, 0.05) is 12.8 Å². The van der Waals surface area contributed by atoms with Gasteiger partial charge in [0.15, 0.2) is 0 Å². The predicted octanol–water partition coefficient (Wildman–Crippen LogP) is 3.77. The standard InChI is InChI=1S/C14H26O5/c15-13(16)11-9-7-5-3-1-2-4-6-8-10-12-14(17)19-18/h18H,1-12H2,(H,15,16). The summed E-state index contributed by atoms with van der Waals surface area (Å²) >= 11 is 0. The molecule has 0 bridgehead atoms. The molecule has 0 aromatic rings. The van der Waals surface area contributed by atoms with Gasteiger partial charge in [-0.05, 0) is 12.8 Å². The Bertz CT molecular complexity index is 240. The lowest BCUT2D eigenvalue weighted by atomic mass is 10.1. The highest BCUT2D eigenvalue weighted by Crippen LogP contribution is 2.12. The van der Waals surface area contributed by atoms with Gasteiger partial charge in [0.1, 0.15) is 0 Å². The van der Waals surface area contributed by atoms with Crippen LogP contribution in [0.3, 0.4) is 0 Å². The first-order valence-corrected chi connectivity index (χ1v) is 7.23. The molecule has 0 aliphatic heterocycles. The second-order valence-corrected chi connectivity index (χ2v) is 4.89. The van der Waals surface area contributed by atoms with Gasteiger partial charge in [0.05, 0.1) is 0 Å². The van der Waals surface area contributed by atoms with E-state index in [2.05, 4.69) is 4.89 Å². The molecule has 0 radical (unpaired) electrons. The maximum atomic E-state index is 10.6. The van der Waals surface area contributed by atoms with Crippen molar-refractivity contribution in [3.63, 3.8) is 0 Å². The van der Waals surface area contributed by atoms with Crippen LogP contribution in [0.15, 0.2) is 0 Å². The van der Waals surface area contributed by atoms with Crippen molar-refractivity contribution in [1.82, 2.24) is 0 Å². The largest absolute Gasteiger partial charge is 0.481 e. The number of carbonyl (C=O) groups is 2. The molecule has 0 atom stereocenters. The van der Waals surface area contributed by atoms with Gasteiger partial charge in [0.2, 0.25) is 0 Å². The normalized spacial score (nSPS) is 10.4. The topological polar surface area (TPSA) is 83.8 Å². The first kappa shape index (κ1) is 17.9. The van der Waals surface area contributed by atoms with E-state index >= 15 is 0 Å². The molecule has 5 heteroatoms. The van der Waals surface area contributed by atoms with E-state index in [1.807, 2.05) is 0 Å². The molecule has 0 fully saturated rings. The number of aliphatic carboxylic acids is 1. The van der Waals surface area contributed by atoms with Crippen molar-refractivity contribution in [1.29, 1.82) is 0 Å². The predicted molar refractivity (Wildman–Crippen MR) is 71.8 cm³/mol. The molecule has 0 aromatic heterocycles. The minimum atomic E-state index is -0.704. The maximum absolute atomic E-state index is 10.6. The van der Waals surface area contributed by atoms with Crippen molar-refractivity contribution < 1.29 is 24.8 Å². The summed E-state index contributed by atoms with van der Waals surface area (Å²) in [6, 6.07) is 0. The number of carboxylic acid groups (broad SMARTS) is 1. The molecule has 0 saturated heterocycles. The molecule has 112 valence electrons. The maximum Gasteiger partial charge on any atom is 0.342 e. The van der Waals surface area contributed by atoms with Crippen LogP contribution in [0.2, 0.25) is 0 Å². The summed E-state index contributed by atoms with van der Waals surface area (Å²) in [5, 5.41) is 16.5. The third kappa shape index (κ3) is 14.8. The molecular formula is C14H26O5. The molecule has 0 saturated carbocycles. The van der Waals surface area contributed by atoms with Crippen LogP contribution in [0.5, 0.6) is 0 Å². The number of rotatable bonds is 13. The van der Waals surface area contributed by atoms with Crippen LogP contribution >= 0.6 is 0 Å². The van der Waals surface area contributed by atoms with Crippen LogP contribution in [-0.2, 0) is 14.5 Å². The number of carboxylic acids is 1. The molecule has 0 amide bonds. The van der Waals surface area contributed by atoms with Crippen LogP contribution in [0.25, 0.3) is 0 Å². The third-order valence-corrected chi connectivity index (χ3v) is 3.12. The van der Waals surface area contributed by atoms with Crippen molar-refractivity contribution in [3.8, 4) is 0 Å². The number of unbranched alkanes of at least 4 members (excludes halogenated alkanes) is 9. The zero-order valence-electron chi connectivity index (χ0n) is 11.6. The van der Waals surface area contributed by atoms with Crippen molar-refractivity contribution in [2.24, 2.45) is 0 Å². The van der Waals surface area contributed by atoms with E-state index in [9.17, 15) is 9.59 Å². The summed E-state index contributed by atoms with van der Waals surface area (Å²) in [6.45, 7) is 0. The van der Waals surface area contributed by atoms with Crippen LogP contribution in [0.4, 0.5) is 0 Å². The fourth-order valence-electron chi connectivity index (χ4n) is 2.01. The molecule has 0 aliphatic rings. The van der Waals surface area contributed by atoms with Crippen LogP contribution in [-0.4, -0.2) is 22.3 Å². The van der Waals surface area contributed by atoms with Crippen molar-refractivity contribution >= 4 is 11.9 Å². The average molecular weight is 274 g/mol. The van der Waals surface area contributed by atoms with E-state index in [1.165, 1.54) is 25.7 Å². The molecule has 0 unspecified atom stereocenters. The molecule has 5 nitrogen and oxygen atoms in total. The lowest BCUT2D eigenvalue weighted by Gasteiger charge is -2.02. The minimum absolute atomic E-state index is 0.288. The third-order valence-electron chi connectivity index (χ3n) is 3.12. The lowest BCUT2D eigenvalue weighted by Crippen LogP contribution is -1.99. The summed E-state index contributed by atoms with van der Waals surface area (Å²) in [6.07, 6.45) is 11.1. The summed E-state index contributed by atoms with van der Waals surface area (Å²) in [5.74, 6) is -1.26. The summed E-state index contributed by atoms with van der Waals surface area (Å²) in [5.41, 5.74) is 0. The summed E-state index contributed by atoms with van der Waals surface area (Å²) in [4.78, 5) is 24.5. The fourth-order valence-corrected chi connectivity index (χ4v) is 2.01. The van der Waals surface area contributed by atoms with Gasteiger partial charge < -0.3 is 9.99 Å². The Morgan fingerprint density at radius 1 is 0.684 bits per heavy atom. The second-order valence-electron chi connectivity index (χ2n) is 4.89. The Labute approximate surface area is 114 Å². The van der Waals surface area contributed by atoms with Crippen LogP contribution < -0.4 is 0 Å². The Kier molecular flexibility index (Phi) is 12.6. The average Bonchev–Trinajstić information content (AvgIpc) is 2.39. The van der Waals surface area contributed by atoms with Gasteiger partial charge in [-0.25, -0.2) is 4.79 Å². The highest BCUT2D eigenvalue weighted by atomic mass is 17.1. The summed E-state index contributed by atoms with van der Waals surface area (Å²) < 4.78 is 0. The van der Waals surface area contributed by atoms with E-state index in [-0.39, 0.29) is 6.42 Å². The van der Waals surface area contributed by atoms with E-state index in [1.54, 1.807) is 0 Å².